The molecule has 2 aromatic rings. The predicted molar refractivity (Wildman–Crippen MR) is 81.5 cm³/mol. The molecule has 0 spiro atoms. The maximum Gasteiger partial charge on any atom is 0.317 e. The van der Waals surface area contributed by atoms with Crippen LogP contribution in [0.5, 0.6) is 0 Å². The molecular weight excluding hydrogens is 313 g/mol. The molecule has 0 aliphatic carbocycles. The number of hydrogen-bond acceptors (Lipinski definition) is 3. The second kappa shape index (κ2) is 6.78. The van der Waals surface area contributed by atoms with Gasteiger partial charge >= 0.3 is 6.03 Å². The summed E-state index contributed by atoms with van der Waals surface area (Å²) in [6.07, 6.45) is 1.75. The molecule has 0 atom stereocenters. The largest absolute Gasteiger partial charge is 0.332 e. The standard InChI is InChI=1S/C13H15Cl2N5O/c1-19(2)13(21)16-6-9-7-20(18-17-9)8-10-11(14)4-3-5-12(10)15/h3-5,7H,6,8H2,1-2H3,(H,16,21). The fourth-order valence-corrected chi connectivity index (χ4v) is 2.18. The fourth-order valence-electron chi connectivity index (χ4n) is 1.67. The number of halogens is 2. The van der Waals surface area contributed by atoms with Gasteiger partial charge in [-0.15, -0.1) is 5.10 Å². The molecule has 0 unspecified atom stereocenters. The minimum absolute atomic E-state index is 0.182. The molecule has 1 heterocycles. The van der Waals surface area contributed by atoms with Gasteiger partial charge < -0.3 is 10.2 Å². The molecule has 0 fully saturated rings. The van der Waals surface area contributed by atoms with Crippen molar-refractivity contribution in [2.45, 2.75) is 13.1 Å². The minimum Gasteiger partial charge on any atom is -0.332 e. The van der Waals surface area contributed by atoms with Crippen molar-refractivity contribution in [1.29, 1.82) is 0 Å². The first-order valence-corrected chi connectivity index (χ1v) is 7.00. The second-order valence-electron chi connectivity index (χ2n) is 4.66. The molecule has 8 heteroatoms. The van der Waals surface area contributed by atoms with Crippen LogP contribution in [0, 0.1) is 0 Å². The number of carbonyl (C=O) groups is 1. The second-order valence-corrected chi connectivity index (χ2v) is 5.48. The molecule has 6 nitrogen and oxygen atoms in total. The van der Waals surface area contributed by atoms with Crippen molar-refractivity contribution >= 4 is 29.2 Å². The topological polar surface area (TPSA) is 63.1 Å². The van der Waals surface area contributed by atoms with Crippen LogP contribution >= 0.6 is 23.2 Å². The average Bonchev–Trinajstić information content (AvgIpc) is 2.88. The number of hydrogen-bond donors (Lipinski definition) is 1. The highest BCUT2D eigenvalue weighted by molar-refractivity contribution is 6.35. The van der Waals surface area contributed by atoms with Gasteiger partial charge in [-0.05, 0) is 12.1 Å². The van der Waals surface area contributed by atoms with Crippen LogP contribution in [0.1, 0.15) is 11.3 Å². The highest BCUT2D eigenvalue weighted by atomic mass is 35.5. The minimum atomic E-state index is -0.182. The molecular formula is C13H15Cl2N5O. The van der Waals surface area contributed by atoms with Crippen LogP contribution in [0.25, 0.3) is 0 Å². The molecule has 1 aromatic heterocycles. The van der Waals surface area contributed by atoms with Crippen LogP contribution in [0.2, 0.25) is 10.0 Å². The van der Waals surface area contributed by atoms with Gasteiger partial charge in [0.05, 0.1) is 19.3 Å². The summed E-state index contributed by atoms with van der Waals surface area (Å²) in [5.41, 5.74) is 1.45. The average molecular weight is 328 g/mol. The fraction of sp³-hybridized carbons (Fsp3) is 0.308. The summed E-state index contributed by atoms with van der Waals surface area (Å²) >= 11 is 12.2. The van der Waals surface area contributed by atoms with Crippen molar-refractivity contribution in [3.05, 3.63) is 45.7 Å². The maximum atomic E-state index is 11.4. The molecule has 0 aliphatic rings. The number of aromatic nitrogens is 3. The Kier molecular flexibility index (Phi) is 5.03. The summed E-state index contributed by atoms with van der Waals surface area (Å²) in [5.74, 6) is 0. The van der Waals surface area contributed by atoms with E-state index in [1.54, 1.807) is 43.2 Å². The molecule has 112 valence electrons. The first-order valence-electron chi connectivity index (χ1n) is 6.24. The number of carbonyl (C=O) groups excluding carboxylic acids is 1. The zero-order valence-electron chi connectivity index (χ0n) is 11.7. The van der Waals surface area contributed by atoms with Gasteiger partial charge in [0.1, 0.15) is 5.69 Å². The Hall–Kier alpha value is -1.79. The molecule has 0 saturated carbocycles. The quantitative estimate of drug-likeness (QED) is 0.937. The number of amides is 2. The van der Waals surface area contributed by atoms with Crippen LogP contribution in [-0.2, 0) is 13.1 Å². The molecule has 2 rings (SSSR count). The third kappa shape index (κ3) is 4.09. The Balaban J connectivity index is 2.02. The first kappa shape index (κ1) is 15.6. The van der Waals surface area contributed by atoms with E-state index in [0.717, 1.165) is 5.56 Å². The summed E-state index contributed by atoms with van der Waals surface area (Å²) in [6, 6.07) is 5.16. The van der Waals surface area contributed by atoms with Crippen LogP contribution in [0.3, 0.4) is 0 Å². The molecule has 21 heavy (non-hydrogen) atoms. The summed E-state index contributed by atoms with van der Waals surface area (Å²) in [5, 5.41) is 11.9. The summed E-state index contributed by atoms with van der Waals surface area (Å²) in [4.78, 5) is 12.9. The Morgan fingerprint density at radius 1 is 1.33 bits per heavy atom. The normalized spacial score (nSPS) is 10.5. The van der Waals surface area contributed by atoms with Crippen LogP contribution < -0.4 is 5.32 Å². The summed E-state index contributed by atoms with van der Waals surface area (Å²) in [7, 11) is 3.34. The number of benzene rings is 1. The van der Waals surface area contributed by atoms with Crippen molar-refractivity contribution in [3.63, 3.8) is 0 Å². The molecule has 1 aromatic carbocycles. The third-order valence-corrected chi connectivity index (χ3v) is 3.50. The first-order chi connectivity index (χ1) is 9.97. The van der Waals surface area contributed by atoms with Crippen molar-refractivity contribution in [1.82, 2.24) is 25.2 Å². The Bertz CT molecular complexity index is 621. The highest BCUT2D eigenvalue weighted by Crippen LogP contribution is 2.24. The lowest BCUT2D eigenvalue weighted by Crippen LogP contribution is -2.34. The van der Waals surface area contributed by atoms with Gasteiger partial charge in [-0.25, -0.2) is 9.48 Å². The molecule has 0 saturated heterocycles. The smallest absolute Gasteiger partial charge is 0.317 e. The van der Waals surface area contributed by atoms with Crippen molar-refractivity contribution in [2.75, 3.05) is 14.1 Å². The van der Waals surface area contributed by atoms with E-state index < -0.39 is 0 Å². The SMILES string of the molecule is CN(C)C(=O)NCc1cn(Cc2c(Cl)cccc2Cl)nn1. The maximum absolute atomic E-state index is 11.4. The number of rotatable bonds is 4. The number of nitrogens with zero attached hydrogens (tertiary/aromatic N) is 4. The van der Waals surface area contributed by atoms with E-state index in [2.05, 4.69) is 15.6 Å². The Labute approximate surface area is 132 Å². The zero-order chi connectivity index (χ0) is 15.4. The van der Waals surface area contributed by atoms with Crippen LogP contribution in [0.15, 0.2) is 24.4 Å². The van der Waals surface area contributed by atoms with Gasteiger partial charge in [-0.1, -0.05) is 34.5 Å². The van der Waals surface area contributed by atoms with Crippen LogP contribution in [0.4, 0.5) is 4.79 Å². The van der Waals surface area contributed by atoms with E-state index >= 15 is 0 Å². The monoisotopic (exact) mass is 327 g/mol. The van der Waals surface area contributed by atoms with Gasteiger partial charge in [0.25, 0.3) is 0 Å². The van der Waals surface area contributed by atoms with Crippen molar-refractivity contribution < 1.29 is 4.79 Å². The van der Waals surface area contributed by atoms with E-state index in [1.807, 2.05) is 0 Å². The highest BCUT2D eigenvalue weighted by Gasteiger charge is 2.09. The predicted octanol–water partition coefficient (Wildman–Crippen LogP) is 2.40. The lowest BCUT2D eigenvalue weighted by molar-refractivity contribution is 0.217. The molecule has 0 radical (unpaired) electrons. The van der Waals surface area contributed by atoms with Crippen molar-refractivity contribution in [3.8, 4) is 0 Å². The van der Waals surface area contributed by atoms with E-state index in [9.17, 15) is 4.79 Å². The Morgan fingerprint density at radius 2 is 2.00 bits per heavy atom. The van der Waals surface area contributed by atoms with E-state index in [0.29, 0.717) is 28.8 Å². The van der Waals surface area contributed by atoms with E-state index in [1.165, 1.54) is 4.90 Å². The molecule has 0 bridgehead atoms. The van der Waals surface area contributed by atoms with E-state index in [-0.39, 0.29) is 6.03 Å². The number of urea groups is 1. The van der Waals surface area contributed by atoms with Crippen molar-refractivity contribution in [2.24, 2.45) is 0 Å². The van der Waals surface area contributed by atoms with Gasteiger partial charge in [0.2, 0.25) is 0 Å². The van der Waals surface area contributed by atoms with E-state index in [4.69, 9.17) is 23.2 Å². The number of nitrogens with one attached hydrogen (secondary N) is 1. The molecule has 0 aliphatic heterocycles. The van der Waals surface area contributed by atoms with Crippen LogP contribution in [-0.4, -0.2) is 40.0 Å². The molecule has 1 N–H and O–H groups in total. The van der Waals surface area contributed by atoms with Gasteiger partial charge in [0, 0.05) is 29.7 Å². The summed E-state index contributed by atoms with van der Waals surface area (Å²) < 4.78 is 1.63. The van der Waals surface area contributed by atoms with Gasteiger partial charge in [-0.3, -0.25) is 0 Å². The Morgan fingerprint density at radius 3 is 2.62 bits per heavy atom. The summed E-state index contributed by atoms with van der Waals surface area (Å²) in [6.45, 7) is 0.737. The van der Waals surface area contributed by atoms with Gasteiger partial charge in [-0.2, -0.15) is 0 Å². The third-order valence-electron chi connectivity index (χ3n) is 2.79. The zero-order valence-corrected chi connectivity index (χ0v) is 13.2. The molecule has 2 amide bonds. The lowest BCUT2D eigenvalue weighted by atomic mass is 10.2. The van der Waals surface area contributed by atoms with Gasteiger partial charge in [0.15, 0.2) is 0 Å². The lowest BCUT2D eigenvalue weighted by Gasteiger charge is -2.10.